The molecule has 0 radical (unpaired) electrons. The van der Waals surface area contributed by atoms with Crippen molar-refractivity contribution < 1.29 is 24.0 Å². The Balaban J connectivity index is 0.929. The van der Waals surface area contributed by atoms with Crippen molar-refractivity contribution in [3.63, 3.8) is 0 Å². The molecule has 3 atom stereocenters. The molecular formula is C36H39BrN8O6. The number of amides is 5. The van der Waals surface area contributed by atoms with E-state index in [1.54, 1.807) is 25.4 Å². The minimum absolute atomic E-state index is 0.0142. The summed E-state index contributed by atoms with van der Waals surface area (Å²) in [5.41, 5.74) is 3.66. The number of carbonyl (C=O) groups is 5. The Kier molecular flexibility index (Phi) is 9.61. The molecule has 0 spiro atoms. The van der Waals surface area contributed by atoms with Gasteiger partial charge in [0.1, 0.15) is 10.5 Å². The summed E-state index contributed by atoms with van der Waals surface area (Å²) in [6.07, 6.45) is 2.72. The molecule has 3 fully saturated rings. The zero-order chi connectivity index (χ0) is 36.0. The van der Waals surface area contributed by atoms with E-state index >= 15 is 0 Å². The summed E-state index contributed by atoms with van der Waals surface area (Å²) in [7, 11) is 3.70. The van der Waals surface area contributed by atoms with Crippen LogP contribution < -0.4 is 16.2 Å². The molecule has 1 aromatic heterocycles. The third-order valence-corrected chi connectivity index (χ3v) is 11.0. The molecule has 2 N–H and O–H groups in total. The summed E-state index contributed by atoms with van der Waals surface area (Å²) in [6.45, 7) is 4.67. The van der Waals surface area contributed by atoms with Gasteiger partial charge in [-0.3, -0.25) is 43.9 Å². The van der Waals surface area contributed by atoms with Gasteiger partial charge < -0.3 is 15.1 Å². The lowest BCUT2D eigenvalue weighted by Gasteiger charge is -2.37. The van der Waals surface area contributed by atoms with Gasteiger partial charge in [0.2, 0.25) is 11.8 Å². The van der Waals surface area contributed by atoms with E-state index < -0.39 is 29.7 Å². The number of benzene rings is 2. The number of rotatable bonds is 7. The van der Waals surface area contributed by atoms with Crippen LogP contribution in [-0.2, 0) is 23.2 Å². The number of hydrogen-bond donors (Lipinski definition) is 2. The average molecular weight is 760 g/mol. The molecule has 2 aromatic carbocycles. The van der Waals surface area contributed by atoms with Gasteiger partial charge in [-0.1, -0.05) is 18.2 Å². The quantitative estimate of drug-likeness (QED) is 0.341. The van der Waals surface area contributed by atoms with Crippen molar-refractivity contribution in [2.45, 2.75) is 43.8 Å². The Bertz CT molecular complexity index is 1970. The Labute approximate surface area is 302 Å². The lowest BCUT2D eigenvalue weighted by Crippen LogP contribution is -2.54. The summed E-state index contributed by atoms with van der Waals surface area (Å²) in [4.78, 5) is 83.3. The number of hydrogen-bond acceptors (Lipinski definition) is 10. The van der Waals surface area contributed by atoms with E-state index in [0.717, 1.165) is 35.5 Å². The van der Waals surface area contributed by atoms with Gasteiger partial charge in [-0.2, -0.15) is 5.10 Å². The van der Waals surface area contributed by atoms with Crippen molar-refractivity contribution in [1.82, 2.24) is 34.7 Å². The highest BCUT2D eigenvalue weighted by Gasteiger charge is 2.44. The highest BCUT2D eigenvalue weighted by Crippen LogP contribution is 2.31. The number of aryl methyl sites for hydroxylation is 1. The summed E-state index contributed by atoms with van der Waals surface area (Å²) in [5.74, 6) is -1.85. The van der Waals surface area contributed by atoms with Crippen molar-refractivity contribution in [2.24, 2.45) is 7.05 Å². The number of piperazine rings is 1. The maximum Gasteiger partial charge on any atom is 0.282 e. The second-order valence-corrected chi connectivity index (χ2v) is 14.6. The van der Waals surface area contributed by atoms with Crippen molar-refractivity contribution >= 4 is 51.2 Å². The number of likely N-dealkylation sites (N-methyl/N-ethyl adjacent to an activating group) is 1. The van der Waals surface area contributed by atoms with Gasteiger partial charge in [0, 0.05) is 70.9 Å². The minimum Gasteiger partial charge on any atom is -0.379 e. The molecule has 3 aromatic rings. The molecule has 51 heavy (non-hydrogen) atoms. The molecule has 266 valence electrons. The van der Waals surface area contributed by atoms with Gasteiger partial charge in [-0.15, -0.1) is 0 Å². The Morgan fingerprint density at radius 1 is 0.941 bits per heavy atom. The van der Waals surface area contributed by atoms with Crippen LogP contribution >= 0.6 is 15.9 Å². The molecule has 4 aliphatic heterocycles. The van der Waals surface area contributed by atoms with Gasteiger partial charge in [-0.25, -0.2) is 4.68 Å². The molecule has 5 heterocycles. The Morgan fingerprint density at radius 3 is 2.39 bits per heavy atom. The highest BCUT2D eigenvalue weighted by molar-refractivity contribution is 9.10. The van der Waals surface area contributed by atoms with E-state index in [1.165, 1.54) is 4.68 Å². The molecule has 15 heteroatoms. The molecule has 4 aliphatic rings. The van der Waals surface area contributed by atoms with Crippen molar-refractivity contribution in [3.05, 3.63) is 91.3 Å². The maximum absolute atomic E-state index is 13.5. The number of fused-ring (bicyclic) bond motifs is 1. The monoisotopic (exact) mass is 758 g/mol. The first-order chi connectivity index (χ1) is 24.5. The van der Waals surface area contributed by atoms with E-state index in [2.05, 4.69) is 48.5 Å². The van der Waals surface area contributed by atoms with Crippen LogP contribution in [0.4, 0.5) is 5.69 Å². The fraction of sp³-hybridized carbons (Fsp3) is 0.417. The standard InChI is InChI=1S/C36H39BrN8O6/c1-41-19-24(16-25(20-41)39-28-17-38-42(2)36(51)31(28)37)22-4-6-23(7-5-22)33(48)44-13-11-43(12-14-44)18-21-3-8-26-27(15-21)35(50)45(34(26)49)29-9-10-30(46)40-32(29)47/h3-8,15,17,24-25,29,39H,9-14,16,18-20H2,1-2H3,(H,40,46,47)/t24-,25+,29?/m0/s1. The number of carbonyl (C=O) groups excluding carboxylic acids is 5. The molecule has 0 aliphatic carbocycles. The van der Waals surface area contributed by atoms with Gasteiger partial charge in [0.25, 0.3) is 23.3 Å². The maximum atomic E-state index is 13.5. The van der Waals surface area contributed by atoms with Gasteiger partial charge in [0.15, 0.2) is 0 Å². The molecule has 0 saturated carbocycles. The lowest BCUT2D eigenvalue weighted by atomic mass is 9.87. The third kappa shape index (κ3) is 6.97. The number of halogens is 1. The van der Waals surface area contributed by atoms with Crippen LogP contribution in [0.25, 0.3) is 0 Å². The number of anilines is 1. The smallest absolute Gasteiger partial charge is 0.282 e. The normalized spacial score (nSPS) is 23.0. The zero-order valence-corrected chi connectivity index (χ0v) is 30.0. The van der Waals surface area contributed by atoms with Crippen LogP contribution in [0, 0.1) is 0 Å². The van der Waals surface area contributed by atoms with E-state index in [1.807, 2.05) is 35.2 Å². The first-order valence-corrected chi connectivity index (χ1v) is 17.9. The number of nitrogens with zero attached hydrogens (tertiary/aromatic N) is 6. The fourth-order valence-electron chi connectivity index (χ4n) is 7.56. The predicted molar refractivity (Wildman–Crippen MR) is 190 cm³/mol. The summed E-state index contributed by atoms with van der Waals surface area (Å²) < 4.78 is 1.76. The van der Waals surface area contributed by atoms with Crippen molar-refractivity contribution in [2.75, 3.05) is 51.6 Å². The molecule has 7 rings (SSSR count). The van der Waals surface area contributed by atoms with Crippen molar-refractivity contribution in [3.8, 4) is 0 Å². The number of aromatic nitrogens is 2. The summed E-state index contributed by atoms with van der Waals surface area (Å²) in [6, 6.07) is 12.2. The first-order valence-electron chi connectivity index (χ1n) is 17.1. The lowest BCUT2D eigenvalue weighted by molar-refractivity contribution is -0.136. The highest BCUT2D eigenvalue weighted by atomic mass is 79.9. The molecule has 5 amide bonds. The van der Waals surface area contributed by atoms with Crippen LogP contribution in [0.5, 0.6) is 0 Å². The third-order valence-electron chi connectivity index (χ3n) is 10.3. The minimum atomic E-state index is -0.997. The number of nitrogens with one attached hydrogen (secondary N) is 2. The molecule has 1 unspecified atom stereocenters. The predicted octanol–water partition coefficient (Wildman–Crippen LogP) is 1.80. The Hall–Kier alpha value is -4.73. The second kappa shape index (κ2) is 14.1. The van der Waals surface area contributed by atoms with E-state index in [9.17, 15) is 28.8 Å². The molecule has 3 saturated heterocycles. The largest absolute Gasteiger partial charge is 0.379 e. The van der Waals surface area contributed by atoms with E-state index in [0.29, 0.717) is 48.4 Å². The summed E-state index contributed by atoms with van der Waals surface area (Å²) in [5, 5.41) is 9.85. The Morgan fingerprint density at radius 2 is 1.67 bits per heavy atom. The topological polar surface area (TPSA) is 157 Å². The van der Waals surface area contributed by atoms with Gasteiger partial charge in [0.05, 0.1) is 23.0 Å². The SMILES string of the molecule is CN1C[C@H](Nc2cnn(C)c(=O)c2Br)C[C@H](c2ccc(C(=O)N3CCN(Cc4ccc5c(c4)C(=O)N(C4CCC(=O)NC4=O)C5=O)CC3)cc2)C1. The van der Waals surface area contributed by atoms with Crippen LogP contribution in [-0.4, -0.2) is 117 Å². The molecular weight excluding hydrogens is 720 g/mol. The summed E-state index contributed by atoms with van der Waals surface area (Å²) >= 11 is 3.41. The first kappa shape index (κ1) is 34.7. The van der Waals surface area contributed by atoms with Crippen LogP contribution in [0.15, 0.2) is 57.9 Å². The fourth-order valence-corrected chi connectivity index (χ4v) is 8.03. The average Bonchev–Trinajstić information content (AvgIpc) is 3.36. The van der Waals surface area contributed by atoms with E-state index in [-0.39, 0.29) is 47.4 Å². The van der Waals surface area contributed by atoms with Crippen LogP contribution in [0.1, 0.15) is 67.4 Å². The second-order valence-electron chi connectivity index (χ2n) is 13.8. The number of likely N-dealkylation sites (tertiary alicyclic amines) is 1. The van der Waals surface area contributed by atoms with Crippen LogP contribution in [0.3, 0.4) is 0 Å². The van der Waals surface area contributed by atoms with Crippen molar-refractivity contribution in [1.29, 1.82) is 0 Å². The van der Waals surface area contributed by atoms with Gasteiger partial charge >= 0.3 is 0 Å². The number of imide groups is 2. The van der Waals surface area contributed by atoms with E-state index in [4.69, 9.17) is 0 Å². The van der Waals surface area contributed by atoms with Crippen LogP contribution in [0.2, 0.25) is 0 Å². The number of piperidine rings is 2. The molecule has 14 nitrogen and oxygen atoms in total. The van der Waals surface area contributed by atoms with Gasteiger partial charge in [-0.05, 0) is 77.1 Å². The molecule has 0 bridgehead atoms. The zero-order valence-electron chi connectivity index (χ0n) is 28.4.